The Labute approximate surface area is 137 Å². The number of nitrogens with zero attached hydrogens (tertiary/aromatic N) is 1. The quantitative estimate of drug-likeness (QED) is 0.923. The molecule has 0 radical (unpaired) electrons. The van der Waals surface area contributed by atoms with Gasteiger partial charge in [-0.05, 0) is 30.2 Å². The highest BCUT2D eigenvalue weighted by Crippen LogP contribution is 2.14. The van der Waals surface area contributed by atoms with E-state index in [-0.39, 0.29) is 11.8 Å². The zero-order valence-electron chi connectivity index (χ0n) is 13.8. The van der Waals surface area contributed by atoms with Crippen LogP contribution in [-0.4, -0.2) is 18.9 Å². The van der Waals surface area contributed by atoms with Crippen molar-refractivity contribution in [3.63, 3.8) is 0 Å². The first-order valence-electron chi connectivity index (χ1n) is 7.61. The number of anilines is 1. The van der Waals surface area contributed by atoms with E-state index in [1.807, 2.05) is 49.4 Å². The lowest BCUT2D eigenvalue weighted by atomic mass is 10.1. The lowest BCUT2D eigenvalue weighted by Gasteiger charge is -2.15. The molecule has 2 rings (SSSR count). The molecule has 4 heteroatoms. The Kier molecular flexibility index (Phi) is 5.52. The van der Waals surface area contributed by atoms with Crippen LogP contribution in [0.25, 0.3) is 0 Å². The lowest BCUT2D eigenvalue weighted by Crippen LogP contribution is -2.25. The van der Waals surface area contributed by atoms with Crippen LogP contribution in [0.3, 0.4) is 0 Å². The Hall–Kier alpha value is -2.62. The predicted molar refractivity (Wildman–Crippen MR) is 92.3 cm³/mol. The SMILES string of the molecule is CC(=O)N(C)c1ccc(CC(=O)NCc2cccc(C)c2)cc1. The summed E-state index contributed by atoms with van der Waals surface area (Å²) in [5.74, 6) is -0.0344. The number of rotatable bonds is 5. The van der Waals surface area contributed by atoms with Crippen molar-refractivity contribution in [3.05, 3.63) is 65.2 Å². The van der Waals surface area contributed by atoms with E-state index < -0.39 is 0 Å². The molecule has 0 saturated heterocycles. The molecule has 0 aliphatic rings. The number of benzene rings is 2. The van der Waals surface area contributed by atoms with Crippen LogP contribution >= 0.6 is 0 Å². The summed E-state index contributed by atoms with van der Waals surface area (Å²) in [6.45, 7) is 4.09. The van der Waals surface area contributed by atoms with Crippen LogP contribution in [0.5, 0.6) is 0 Å². The molecule has 0 unspecified atom stereocenters. The van der Waals surface area contributed by atoms with Gasteiger partial charge in [-0.1, -0.05) is 42.0 Å². The van der Waals surface area contributed by atoms with Gasteiger partial charge in [0.2, 0.25) is 11.8 Å². The van der Waals surface area contributed by atoms with Gasteiger partial charge in [0.25, 0.3) is 0 Å². The largest absolute Gasteiger partial charge is 0.352 e. The van der Waals surface area contributed by atoms with Crippen molar-refractivity contribution >= 4 is 17.5 Å². The standard InChI is InChI=1S/C19H22N2O2/c1-14-5-4-6-17(11-14)13-20-19(23)12-16-7-9-18(10-8-16)21(3)15(2)22/h4-11H,12-13H2,1-3H3,(H,20,23). The summed E-state index contributed by atoms with van der Waals surface area (Å²) in [6, 6.07) is 15.5. The Morgan fingerprint density at radius 1 is 1.04 bits per heavy atom. The van der Waals surface area contributed by atoms with E-state index in [2.05, 4.69) is 11.4 Å². The first-order valence-corrected chi connectivity index (χ1v) is 7.61. The highest BCUT2D eigenvalue weighted by atomic mass is 16.2. The molecular formula is C19H22N2O2. The first-order chi connectivity index (χ1) is 11.0. The zero-order valence-corrected chi connectivity index (χ0v) is 13.8. The van der Waals surface area contributed by atoms with Crippen LogP contribution in [0.2, 0.25) is 0 Å². The molecule has 0 aromatic heterocycles. The van der Waals surface area contributed by atoms with Gasteiger partial charge in [0.05, 0.1) is 6.42 Å². The average Bonchev–Trinajstić information content (AvgIpc) is 2.53. The second-order valence-electron chi connectivity index (χ2n) is 5.69. The number of aryl methyl sites for hydroxylation is 1. The first kappa shape index (κ1) is 16.7. The van der Waals surface area contributed by atoms with Crippen LogP contribution in [0, 0.1) is 6.92 Å². The molecule has 2 amide bonds. The van der Waals surface area contributed by atoms with Crippen molar-refractivity contribution in [2.45, 2.75) is 26.8 Å². The molecule has 0 aliphatic carbocycles. The van der Waals surface area contributed by atoms with Gasteiger partial charge in [0.1, 0.15) is 0 Å². The third kappa shape index (κ3) is 4.95. The van der Waals surface area contributed by atoms with Crippen LogP contribution < -0.4 is 10.2 Å². The Balaban J connectivity index is 1.89. The highest BCUT2D eigenvalue weighted by molar-refractivity contribution is 5.90. The Morgan fingerprint density at radius 3 is 2.35 bits per heavy atom. The normalized spacial score (nSPS) is 10.2. The monoisotopic (exact) mass is 310 g/mol. The van der Waals surface area contributed by atoms with Crippen LogP contribution in [-0.2, 0) is 22.6 Å². The topological polar surface area (TPSA) is 49.4 Å². The predicted octanol–water partition coefficient (Wildman–Crippen LogP) is 2.84. The fraction of sp³-hybridized carbons (Fsp3) is 0.263. The maximum absolute atomic E-state index is 12.0. The van der Waals surface area contributed by atoms with Gasteiger partial charge < -0.3 is 10.2 Å². The maximum atomic E-state index is 12.0. The Bertz CT molecular complexity index is 693. The average molecular weight is 310 g/mol. The number of nitrogens with one attached hydrogen (secondary N) is 1. The number of carbonyl (C=O) groups excluding carboxylic acids is 2. The smallest absolute Gasteiger partial charge is 0.224 e. The zero-order chi connectivity index (χ0) is 16.8. The molecule has 4 nitrogen and oxygen atoms in total. The maximum Gasteiger partial charge on any atom is 0.224 e. The van der Waals surface area contributed by atoms with E-state index in [0.717, 1.165) is 16.8 Å². The van der Waals surface area contributed by atoms with Crippen molar-refractivity contribution in [2.75, 3.05) is 11.9 Å². The number of hydrogen-bond acceptors (Lipinski definition) is 2. The molecule has 0 saturated carbocycles. The van der Waals surface area contributed by atoms with Crippen LogP contribution in [0.15, 0.2) is 48.5 Å². The van der Waals surface area contributed by atoms with Crippen molar-refractivity contribution in [1.82, 2.24) is 5.32 Å². The minimum absolute atomic E-state index is 0.0146. The summed E-state index contributed by atoms with van der Waals surface area (Å²) in [4.78, 5) is 24.9. The van der Waals surface area contributed by atoms with Crippen molar-refractivity contribution < 1.29 is 9.59 Å². The second kappa shape index (κ2) is 7.58. The minimum Gasteiger partial charge on any atom is -0.352 e. The molecule has 0 bridgehead atoms. The summed E-state index contributed by atoms with van der Waals surface area (Å²) in [7, 11) is 1.73. The molecule has 0 fully saturated rings. The summed E-state index contributed by atoms with van der Waals surface area (Å²) < 4.78 is 0. The van der Waals surface area contributed by atoms with Gasteiger partial charge in [-0.2, -0.15) is 0 Å². The summed E-state index contributed by atoms with van der Waals surface area (Å²) in [6.07, 6.45) is 0.329. The van der Waals surface area contributed by atoms with E-state index in [4.69, 9.17) is 0 Å². The second-order valence-corrected chi connectivity index (χ2v) is 5.69. The fourth-order valence-corrected chi connectivity index (χ4v) is 2.29. The van der Waals surface area contributed by atoms with Gasteiger partial charge in [0, 0.05) is 26.2 Å². The molecule has 0 aliphatic heterocycles. The van der Waals surface area contributed by atoms with E-state index in [9.17, 15) is 9.59 Å². The highest BCUT2D eigenvalue weighted by Gasteiger charge is 2.07. The van der Waals surface area contributed by atoms with Gasteiger partial charge in [-0.3, -0.25) is 9.59 Å². The van der Waals surface area contributed by atoms with Crippen LogP contribution in [0.1, 0.15) is 23.6 Å². The van der Waals surface area contributed by atoms with Gasteiger partial charge in [-0.15, -0.1) is 0 Å². The molecular weight excluding hydrogens is 288 g/mol. The molecule has 0 heterocycles. The summed E-state index contributed by atoms with van der Waals surface area (Å²) >= 11 is 0. The third-order valence-electron chi connectivity index (χ3n) is 3.73. The molecule has 120 valence electrons. The minimum atomic E-state index is -0.0198. The molecule has 1 N–H and O–H groups in total. The number of hydrogen-bond donors (Lipinski definition) is 1. The third-order valence-corrected chi connectivity index (χ3v) is 3.73. The van der Waals surface area contributed by atoms with E-state index >= 15 is 0 Å². The molecule has 2 aromatic rings. The van der Waals surface area contributed by atoms with Crippen molar-refractivity contribution in [3.8, 4) is 0 Å². The van der Waals surface area contributed by atoms with Gasteiger partial charge >= 0.3 is 0 Å². The number of carbonyl (C=O) groups is 2. The van der Waals surface area contributed by atoms with Crippen LogP contribution in [0.4, 0.5) is 5.69 Å². The molecule has 2 aromatic carbocycles. The lowest BCUT2D eigenvalue weighted by molar-refractivity contribution is -0.120. The van der Waals surface area contributed by atoms with Gasteiger partial charge in [0.15, 0.2) is 0 Å². The van der Waals surface area contributed by atoms with E-state index in [0.29, 0.717) is 13.0 Å². The van der Waals surface area contributed by atoms with Gasteiger partial charge in [-0.25, -0.2) is 0 Å². The van der Waals surface area contributed by atoms with E-state index in [1.54, 1.807) is 11.9 Å². The Morgan fingerprint density at radius 2 is 1.74 bits per heavy atom. The summed E-state index contributed by atoms with van der Waals surface area (Å²) in [5.41, 5.74) is 4.02. The van der Waals surface area contributed by atoms with E-state index in [1.165, 1.54) is 12.5 Å². The summed E-state index contributed by atoms with van der Waals surface area (Å²) in [5, 5.41) is 2.93. The number of amides is 2. The fourth-order valence-electron chi connectivity index (χ4n) is 2.29. The molecule has 23 heavy (non-hydrogen) atoms. The molecule has 0 spiro atoms. The molecule has 0 atom stereocenters. The van der Waals surface area contributed by atoms with Crippen molar-refractivity contribution in [1.29, 1.82) is 0 Å². The van der Waals surface area contributed by atoms with Crippen molar-refractivity contribution in [2.24, 2.45) is 0 Å².